The maximum Gasteiger partial charge on any atom is 0.238 e. The van der Waals surface area contributed by atoms with Gasteiger partial charge in [0.05, 0.1) is 13.2 Å². The number of para-hydroxylation sites is 1. The molecule has 0 aliphatic rings. The summed E-state index contributed by atoms with van der Waals surface area (Å²) in [5.74, 6) is -0.0326. The molecule has 0 aliphatic heterocycles. The summed E-state index contributed by atoms with van der Waals surface area (Å²) >= 11 is 0. The normalized spacial score (nSPS) is 10.3. The predicted molar refractivity (Wildman–Crippen MR) is 73.7 cm³/mol. The van der Waals surface area contributed by atoms with Crippen molar-refractivity contribution >= 4 is 11.6 Å². The van der Waals surface area contributed by atoms with E-state index in [2.05, 4.69) is 17.6 Å². The number of benzene rings is 1. The first-order valence-corrected chi connectivity index (χ1v) is 6.46. The number of carbonyl (C=O) groups is 1. The lowest BCUT2D eigenvalue weighted by atomic mass is 10.3. The van der Waals surface area contributed by atoms with Crippen LogP contribution >= 0.6 is 0 Å². The Labute approximate surface area is 109 Å². The summed E-state index contributed by atoms with van der Waals surface area (Å²) in [5, 5.41) is 5.86. The van der Waals surface area contributed by atoms with Gasteiger partial charge in [0.25, 0.3) is 0 Å². The van der Waals surface area contributed by atoms with Gasteiger partial charge in [-0.1, -0.05) is 31.5 Å². The van der Waals surface area contributed by atoms with E-state index in [1.54, 1.807) is 0 Å². The van der Waals surface area contributed by atoms with Crippen molar-refractivity contribution in [2.75, 3.05) is 31.6 Å². The molecule has 0 saturated carbocycles. The fourth-order valence-electron chi connectivity index (χ4n) is 1.42. The number of amides is 1. The Hall–Kier alpha value is -1.39. The highest BCUT2D eigenvalue weighted by molar-refractivity contribution is 5.92. The van der Waals surface area contributed by atoms with Gasteiger partial charge in [0.1, 0.15) is 0 Å². The lowest BCUT2D eigenvalue weighted by molar-refractivity contribution is -0.115. The zero-order chi connectivity index (χ0) is 13.1. The van der Waals surface area contributed by atoms with E-state index in [-0.39, 0.29) is 5.91 Å². The molecule has 4 nitrogen and oxygen atoms in total. The second kappa shape index (κ2) is 9.62. The standard InChI is InChI=1S/C14H22N2O2/c1-2-3-10-18-11-9-15-12-14(17)16-13-7-5-4-6-8-13/h4-8,15H,2-3,9-12H2,1H3,(H,16,17). The first kappa shape index (κ1) is 14.7. The minimum absolute atomic E-state index is 0.0326. The van der Waals surface area contributed by atoms with Gasteiger partial charge < -0.3 is 15.4 Å². The lowest BCUT2D eigenvalue weighted by Gasteiger charge is -2.07. The number of carbonyl (C=O) groups excluding carboxylic acids is 1. The third kappa shape index (κ3) is 7.04. The van der Waals surface area contributed by atoms with Gasteiger partial charge in [-0.15, -0.1) is 0 Å². The van der Waals surface area contributed by atoms with Crippen LogP contribution in [0.15, 0.2) is 30.3 Å². The quantitative estimate of drug-likeness (QED) is 0.659. The number of nitrogens with one attached hydrogen (secondary N) is 2. The molecule has 0 aromatic heterocycles. The molecule has 18 heavy (non-hydrogen) atoms. The van der Waals surface area contributed by atoms with Crippen molar-refractivity contribution in [3.63, 3.8) is 0 Å². The molecule has 0 saturated heterocycles. The van der Waals surface area contributed by atoms with Crippen LogP contribution in [0.3, 0.4) is 0 Å². The summed E-state index contributed by atoms with van der Waals surface area (Å²) in [6.07, 6.45) is 2.24. The Kier molecular flexibility index (Phi) is 7.84. The summed E-state index contributed by atoms with van der Waals surface area (Å²) in [4.78, 5) is 11.5. The Morgan fingerprint density at radius 2 is 2.00 bits per heavy atom. The van der Waals surface area contributed by atoms with Crippen LogP contribution in [0, 0.1) is 0 Å². The highest BCUT2D eigenvalue weighted by Crippen LogP contribution is 2.03. The number of ether oxygens (including phenoxy) is 1. The SMILES string of the molecule is CCCCOCCNCC(=O)Nc1ccccc1. The molecule has 1 rings (SSSR count). The molecule has 0 bridgehead atoms. The summed E-state index contributed by atoms with van der Waals surface area (Å²) in [7, 11) is 0. The summed E-state index contributed by atoms with van der Waals surface area (Å²) in [6.45, 7) is 4.60. The number of hydrogen-bond donors (Lipinski definition) is 2. The van der Waals surface area contributed by atoms with Gasteiger partial charge >= 0.3 is 0 Å². The fraction of sp³-hybridized carbons (Fsp3) is 0.500. The molecular formula is C14H22N2O2. The average molecular weight is 250 g/mol. The molecule has 100 valence electrons. The zero-order valence-electron chi connectivity index (χ0n) is 10.9. The average Bonchev–Trinajstić information content (AvgIpc) is 2.39. The molecule has 0 spiro atoms. The van der Waals surface area contributed by atoms with Crippen LogP contribution in [0.1, 0.15) is 19.8 Å². The first-order valence-electron chi connectivity index (χ1n) is 6.46. The van der Waals surface area contributed by atoms with E-state index < -0.39 is 0 Å². The second-order valence-electron chi connectivity index (χ2n) is 4.06. The Morgan fingerprint density at radius 1 is 1.22 bits per heavy atom. The van der Waals surface area contributed by atoms with Crippen LogP contribution in [0.5, 0.6) is 0 Å². The van der Waals surface area contributed by atoms with Crippen LogP contribution in [-0.4, -0.2) is 32.2 Å². The number of anilines is 1. The predicted octanol–water partition coefficient (Wildman–Crippen LogP) is 2.03. The van der Waals surface area contributed by atoms with Crippen molar-refractivity contribution in [3.05, 3.63) is 30.3 Å². The van der Waals surface area contributed by atoms with Gasteiger partial charge in [-0.25, -0.2) is 0 Å². The molecule has 0 atom stereocenters. The van der Waals surface area contributed by atoms with Crippen LogP contribution in [0.4, 0.5) is 5.69 Å². The molecule has 4 heteroatoms. The summed E-state index contributed by atoms with van der Waals surface area (Å²) < 4.78 is 5.38. The minimum atomic E-state index is -0.0326. The minimum Gasteiger partial charge on any atom is -0.380 e. The van der Waals surface area contributed by atoms with Crippen molar-refractivity contribution in [1.29, 1.82) is 0 Å². The second-order valence-corrected chi connectivity index (χ2v) is 4.06. The van der Waals surface area contributed by atoms with Gasteiger partial charge in [0.15, 0.2) is 0 Å². The molecule has 1 aromatic rings. The monoisotopic (exact) mass is 250 g/mol. The van der Waals surface area contributed by atoms with Crippen molar-refractivity contribution in [3.8, 4) is 0 Å². The Bertz CT molecular complexity index is 328. The number of rotatable bonds is 9. The van der Waals surface area contributed by atoms with E-state index in [4.69, 9.17) is 4.74 Å². The highest BCUT2D eigenvalue weighted by atomic mass is 16.5. The third-order valence-electron chi connectivity index (χ3n) is 2.41. The maximum atomic E-state index is 11.5. The van der Waals surface area contributed by atoms with Crippen molar-refractivity contribution in [2.24, 2.45) is 0 Å². The van der Waals surface area contributed by atoms with Gasteiger partial charge in [0, 0.05) is 18.8 Å². The molecule has 0 fully saturated rings. The van der Waals surface area contributed by atoms with Crippen LogP contribution in [0.2, 0.25) is 0 Å². The van der Waals surface area contributed by atoms with Crippen molar-refractivity contribution < 1.29 is 9.53 Å². The van der Waals surface area contributed by atoms with Crippen LogP contribution in [-0.2, 0) is 9.53 Å². The lowest BCUT2D eigenvalue weighted by Crippen LogP contribution is -2.30. The highest BCUT2D eigenvalue weighted by Gasteiger charge is 2.00. The molecule has 1 amide bonds. The molecule has 0 aliphatic carbocycles. The topological polar surface area (TPSA) is 50.4 Å². The molecule has 1 aromatic carbocycles. The fourth-order valence-corrected chi connectivity index (χ4v) is 1.42. The summed E-state index contributed by atoms with van der Waals surface area (Å²) in [6, 6.07) is 9.44. The van der Waals surface area contributed by atoms with Crippen molar-refractivity contribution in [1.82, 2.24) is 5.32 Å². The molecule has 0 heterocycles. The van der Waals surface area contributed by atoms with E-state index in [0.29, 0.717) is 19.7 Å². The largest absolute Gasteiger partial charge is 0.380 e. The van der Waals surface area contributed by atoms with E-state index in [0.717, 1.165) is 25.1 Å². The van der Waals surface area contributed by atoms with E-state index in [1.807, 2.05) is 30.3 Å². The van der Waals surface area contributed by atoms with Crippen LogP contribution < -0.4 is 10.6 Å². The number of hydrogen-bond acceptors (Lipinski definition) is 3. The molecule has 2 N–H and O–H groups in total. The van der Waals surface area contributed by atoms with Gasteiger partial charge in [-0.05, 0) is 18.6 Å². The number of unbranched alkanes of at least 4 members (excludes halogenated alkanes) is 1. The Morgan fingerprint density at radius 3 is 2.72 bits per heavy atom. The zero-order valence-corrected chi connectivity index (χ0v) is 10.9. The first-order chi connectivity index (χ1) is 8.83. The van der Waals surface area contributed by atoms with Gasteiger partial charge in [-0.2, -0.15) is 0 Å². The van der Waals surface area contributed by atoms with Crippen molar-refractivity contribution in [2.45, 2.75) is 19.8 Å². The Balaban J connectivity index is 2.00. The molecule has 0 unspecified atom stereocenters. The third-order valence-corrected chi connectivity index (χ3v) is 2.41. The molecule has 0 radical (unpaired) electrons. The molecular weight excluding hydrogens is 228 g/mol. The van der Waals surface area contributed by atoms with Gasteiger partial charge in [0.2, 0.25) is 5.91 Å². The summed E-state index contributed by atoms with van der Waals surface area (Å²) in [5.41, 5.74) is 0.823. The van der Waals surface area contributed by atoms with Gasteiger partial charge in [-0.3, -0.25) is 4.79 Å². The smallest absolute Gasteiger partial charge is 0.238 e. The van der Waals surface area contributed by atoms with E-state index in [9.17, 15) is 4.79 Å². The van der Waals surface area contributed by atoms with Crippen LogP contribution in [0.25, 0.3) is 0 Å². The van der Waals surface area contributed by atoms with E-state index >= 15 is 0 Å². The maximum absolute atomic E-state index is 11.5. The van der Waals surface area contributed by atoms with E-state index in [1.165, 1.54) is 0 Å².